The van der Waals surface area contributed by atoms with E-state index in [4.69, 9.17) is 4.98 Å². The molecule has 31 heavy (non-hydrogen) atoms. The van der Waals surface area contributed by atoms with Crippen molar-refractivity contribution < 1.29 is 4.79 Å². The number of aliphatic imine (C=N–C) groups is 1. The number of aryl methyl sites for hydroxylation is 2. The number of carbonyl (C=O) groups excluding carboxylic acids is 1. The van der Waals surface area contributed by atoms with Crippen LogP contribution < -0.4 is 16.0 Å². The molecule has 7 heteroatoms. The Balaban J connectivity index is 1.34. The third-order valence-corrected chi connectivity index (χ3v) is 6.66. The number of benzene rings is 2. The lowest BCUT2D eigenvalue weighted by atomic mass is 10.0. The van der Waals surface area contributed by atoms with Crippen LogP contribution in [0.3, 0.4) is 0 Å². The van der Waals surface area contributed by atoms with Gasteiger partial charge in [-0.2, -0.15) is 0 Å². The van der Waals surface area contributed by atoms with Crippen LogP contribution in [-0.2, 0) is 13.0 Å². The summed E-state index contributed by atoms with van der Waals surface area (Å²) in [6, 6.07) is 10.4. The minimum atomic E-state index is 0.00985. The van der Waals surface area contributed by atoms with Crippen LogP contribution in [0.5, 0.6) is 0 Å². The Labute approximate surface area is 185 Å². The minimum absolute atomic E-state index is 0.00985. The molecular formula is C24H25N5OS. The standard InChI is InChI=1S/C24H25N5OS/c1-14-9-20(29-24-25-6-3-7-26-24)15(2)8-17(14)11-22-28-21(13-31-22)16-4-5-19-18(10-16)12-27-23(19)30/h4-5,8-10,13H,3,6-7,11-12H2,1-2H3,(H,27,30)(H2,25,26,29). The Morgan fingerprint density at radius 2 is 2.03 bits per heavy atom. The molecule has 5 rings (SSSR count). The summed E-state index contributed by atoms with van der Waals surface area (Å²) in [5, 5.41) is 12.8. The van der Waals surface area contributed by atoms with Gasteiger partial charge in [0.05, 0.1) is 10.7 Å². The maximum Gasteiger partial charge on any atom is 0.251 e. The van der Waals surface area contributed by atoms with Crippen LogP contribution in [0, 0.1) is 13.8 Å². The van der Waals surface area contributed by atoms with E-state index in [0.717, 1.165) is 65.0 Å². The Morgan fingerprint density at radius 3 is 2.87 bits per heavy atom. The lowest BCUT2D eigenvalue weighted by Gasteiger charge is -2.18. The number of rotatable bonds is 4. The SMILES string of the molecule is Cc1cc(NC2=NCCCN2)c(C)cc1Cc1nc(-c2ccc3c(c2)CNC3=O)cs1. The molecule has 1 aromatic heterocycles. The number of guanidine groups is 1. The summed E-state index contributed by atoms with van der Waals surface area (Å²) in [5.41, 5.74) is 8.66. The van der Waals surface area contributed by atoms with Gasteiger partial charge < -0.3 is 16.0 Å². The van der Waals surface area contributed by atoms with Crippen LogP contribution in [0.15, 0.2) is 40.7 Å². The van der Waals surface area contributed by atoms with Crippen molar-refractivity contribution in [3.05, 3.63) is 68.5 Å². The molecule has 0 spiro atoms. The number of amides is 1. The predicted octanol–water partition coefficient (Wildman–Crippen LogP) is 4.02. The number of thiazole rings is 1. The number of carbonyl (C=O) groups is 1. The molecular weight excluding hydrogens is 406 g/mol. The number of nitrogens with zero attached hydrogens (tertiary/aromatic N) is 2. The molecule has 0 saturated carbocycles. The second-order valence-electron chi connectivity index (χ2n) is 8.09. The van der Waals surface area contributed by atoms with E-state index >= 15 is 0 Å². The van der Waals surface area contributed by atoms with E-state index in [1.807, 2.05) is 12.1 Å². The molecule has 3 N–H and O–H groups in total. The maximum absolute atomic E-state index is 11.8. The molecule has 1 amide bonds. The Kier molecular flexibility index (Phi) is 5.19. The van der Waals surface area contributed by atoms with Gasteiger partial charge in [0.15, 0.2) is 5.96 Å². The summed E-state index contributed by atoms with van der Waals surface area (Å²) < 4.78 is 0. The molecule has 0 unspecified atom stereocenters. The number of aromatic nitrogens is 1. The van der Waals surface area contributed by atoms with E-state index < -0.39 is 0 Å². The van der Waals surface area contributed by atoms with Crippen molar-refractivity contribution in [3.63, 3.8) is 0 Å². The molecule has 0 fully saturated rings. The van der Waals surface area contributed by atoms with E-state index in [9.17, 15) is 4.79 Å². The number of anilines is 1. The normalized spacial score (nSPS) is 15.2. The Morgan fingerprint density at radius 1 is 1.13 bits per heavy atom. The van der Waals surface area contributed by atoms with Crippen LogP contribution in [-0.4, -0.2) is 29.9 Å². The summed E-state index contributed by atoms with van der Waals surface area (Å²) in [7, 11) is 0. The van der Waals surface area contributed by atoms with Gasteiger partial charge in [-0.25, -0.2) is 4.98 Å². The summed E-state index contributed by atoms with van der Waals surface area (Å²) in [5.74, 6) is 0.868. The highest BCUT2D eigenvalue weighted by Crippen LogP contribution is 2.29. The molecule has 3 heterocycles. The zero-order valence-corrected chi connectivity index (χ0v) is 18.5. The van der Waals surface area contributed by atoms with Gasteiger partial charge in [-0.05, 0) is 60.7 Å². The van der Waals surface area contributed by atoms with Gasteiger partial charge in [-0.1, -0.05) is 12.1 Å². The molecule has 2 aliphatic rings. The zero-order valence-electron chi connectivity index (χ0n) is 17.7. The Hall–Kier alpha value is -3.19. The smallest absolute Gasteiger partial charge is 0.251 e. The van der Waals surface area contributed by atoms with E-state index in [1.54, 1.807) is 11.3 Å². The fourth-order valence-corrected chi connectivity index (χ4v) is 4.85. The quantitative estimate of drug-likeness (QED) is 0.583. The van der Waals surface area contributed by atoms with Crippen LogP contribution >= 0.6 is 11.3 Å². The first-order chi connectivity index (χ1) is 15.1. The van der Waals surface area contributed by atoms with Crippen molar-refractivity contribution >= 4 is 28.9 Å². The molecule has 158 valence electrons. The topological polar surface area (TPSA) is 78.4 Å². The summed E-state index contributed by atoms with van der Waals surface area (Å²) in [6.45, 7) is 6.71. The van der Waals surface area contributed by atoms with E-state index in [-0.39, 0.29) is 5.91 Å². The first-order valence-electron chi connectivity index (χ1n) is 10.6. The highest BCUT2D eigenvalue weighted by Gasteiger charge is 2.19. The molecule has 0 bridgehead atoms. The van der Waals surface area contributed by atoms with Gasteiger partial charge in [0.25, 0.3) is 5.91 Å². The lowest BCUT2D eigenvalue weighted by molar-refractivity contribution is 0.0966. The van der Waals surface area contributed by atoms with Gasteiger partial charge in [-0.15, -0.1) is 11.3 Å². The first-order valence-corrected chi connectivity index (χ1v) is 11.5. The van der Waals surface area contributed by atoms with Gasteiger partial charge in [0.1, 0.15) is 0 Å². The van der Waals surface area contributed by atoms with E-state index in [2.05, 4.69) is 58.4 Å². The number of fused-ring (bicyclic) bond motifs is 1. The van der Waals surface area contributed by atoms with Crippen molar-refractivity contribution in [1.82, 2.24) is 15.6 Å². The van der Waals surface area contributed by atoms with Gasteiger partial charge in [-0.3, -0.25) is 9.79 Å². The molecule has 2 aromatic carbocycles. The van der Waals surface area contributed by atoms with Gasteiger partial charge in [0.2, 0.25) is 0 Å². The van der Waals surface area contributed by atoms with Crippen LogP contribution in [0.4, 0.5) is 5.69 Å². The summed E-state index contributed by atoms with van der Waals surface area (Å²) >= 11 is 1.68. The largest absolute Gasteiger partial charge is 0.356 e. The number of nitrogens with one attached hydrogen (secondary N) is 3. The van der Waals surface area contributed by atoms with Crippen molar-refractivity contribution in [2.45, 2.75) is 33.2 Å². The first kappa shape index (κ1) is 19.8. The van der Waals surface area contributed by atoms with E-state index in [1.165, 1.54) is 16.7 Å². The van der Waals surface area contributed by atoms with Gasteiger partial charge in [0, 0.05) is 48.2 Å². The predicted molar refractivity (Wildman–Crippen MR) is 126 cm³/mol. The highest BCUT2D eigenvalue weighted by atomic mass is 32.1. The molecule has 2 aliphatic heterocycles. The fraction of sp³-hybridized carbons (Fsp3) is 0.292. The number of hydrogen-bond donors (Lipinski definition) is 3. The third-order valence-electron chi connectivity index (χ3n) is 5.81. The van der Waals surface area contributed by atoms with Crippen molar-refractivity contribution in [1.29, 1.82) is 0 Å². The zero-order chi connectivity index (χ0) is 21.4. The highest BCUT2D eigenvalue weighted by molar-refractivity contribution is 7.10. The second-order valence-corrected chi connectivity index (χ2v) is 9.03. The molecule has 6 nitrogen and oxygen atoms in total. The average molecular weight is 432 g/mol. The van der Waals surface area contributed by atoms with Crippen LogP contribution in [0.1, 0.15) is 44.0 Å². The molecule has 0 aliphatic carbocycles. The monoisotopic (exact) mass is 431 g/mol. The average Bonchev–Trinajstić information content (AvgIpc) is 3.39. The second kappa shape index (κ2) is 8.15. The van der Waals surface area contributed by atoms with Gasteiger partial charge >= 0.3 is 0 Å². The summed E-state index contributed by atoms with van der Waals surface area (Å²) in [4.78, 5) is 21.2. The molecule has 0 atom stereocenters. The van der Waals surface area contributed by atoms with Crippen LogP contribution in [0.25, 0.3) is 11.3 Å². The molecule has 0 radical (unpaired) electrons. The summed E-state index contributed by atoms with van der Waals surface area (Å²) in [6.07, 6.45) is 1.89. The Bertz CT molecular complexity index is 1200. The number of hydrogen-bond acceptors (Lipinski definition) is 6. The molecule has 3 aromatic rings. The fourth-order valence-electron chi connectivity index (χ4n) is 4.02. The molecule has 0 saturated heterocycles. The third kappa shape index (κ3) is 4.05. The maximum atomic E-state index is 11.8. The van der Waals surface area contributed by atoms with Crippen molar-refractivity contribution in [3.8, 4) is 11.3 Å². The minimum Gasteiger partial charge on any atom is -0.356 e. The van der Waals surface area contributed by atoms with E-state index in [0.29, 0.717) is 6.54 Å². The van der Waals surface area contributed by atoms with Crippen LogP contribution in [0.2, 0.25) is 0 Å². The van der Waals surface area contributed by atoms with Crippen molar-refractivity contribution in [2.75, 3.05) is 18.4 Å². The lowest BCUT2D eigenvalue weighted by Crippen LogP contribution is -2.35. The van der Waals surface area contributed by atoms with Crippen molar-refractivity contribution in [2.24, 2.45) is 4.99 Å².